The first-order valence-electron chi connectivity index (χ1n) is 9.20. The number of benzene rings is 3. The van der Waals surface area contributed by atoms with Crippen LogP contribution in [0.4, 0.5) is 11.4 Å². The number of rotatable bonds is 5. The Morgan fingerprint density at radius 2 is 1.73 bits per heavy atom. The number of hydrogen-bond acceptors (Lipinski definition) is 5. The van der Waals surface area contributed by atoms with Crippen LogP contribution < -0.4 is 5.32 Å². The van der Waals surface area contributed by atoms with E-state index >= 15 is 0 Å². The molecule has 4 rings (SSSR count). The normalized spacial score (nSPS) is 10.6. The Kier molecular flexibility index (Phi) is 5.09. The van der Waals surface area contributed by atoms with E-state index in [1.807, 2.05) is 30.3 Å². The lowest BCUT2D eigenvalue weighted by atomic mass is 10.1. The second-order valence-corrected chi connectivity index (χ2v) is 6.60. The molecule has 0 saturated carbocycles. The SMILES string of the molecule is Cc1c(NC(=O)c2ccccc2-c2ncc(-c3ccccc3)o2)cccc1[N+](=O)[O-]. The van der Waals surface area contributed by atoms with Crippen molar-refractivity contribution in [2.24, 2.45) is 0 Å². The van der Waals surface area contributed by atoms with Crippen LogP contribution in [0.5, 0.6) is 0 Å². The van der Waals surface area contributed by atoms with Crippen LogP contribution in [0, 0.1) is 17.0 Å². The first-order chi connectivity index (χ1) is 14.5. The third-order valence-corrected chi connectivity index (χ3v) is 4.72. The lowest BCUT2D eigenvalue weighted by molar-refractivity contribution is -0.385. The summed E-state index contributed by atoms with van der Waals surface area (Å²) in [6, 6.07) is 21.0. The third kappa shape index (κ3) is 3.68. The highest BCUT2D eigenvalue weighted by atomic mass is 16.6. The van der Waals surface area contributed by atoms with Gasteiger partial charge in [0, 0.05) is 17.2 Å². The van der Waals surface area contributed by atoms with Gasteiger partial charge in [-0.3, -0.25) is 14.9 Å². The number of carbonyl (C=O) groups is 1. The molecule has 30 heavy (non-hydrogen) atoms. The van der Waals surface area contributed by atoms with Crippen LogP contribution in [-0.4, -0.2) is 15.8 Å². The summed E-state index contributed by atoms with van der Waals surface area (Å²) in [5.74, 6) is 0.499. The van der Waals surface area contributed by atoms with Gasteiger partial charge in [-0.1, -0.05) is 48.5 Å². The number of hydrogen-bond donors (Lipinski definition) is 1. The van der Waals surface area contributed by atoms with Gasteiger partial charge >= 0.3 is 0 Å². The van der Waals surface area contributed by atoms with E-state index in [1.54, 1.807) is 43.5 Å². The maximum absolute atomic E-state index is 13.0. The van der Waals surface area contributed by atoms with Gasteiger partial charge in [-0.05, 0) is 25.1 Å². The minimum absolute atomic E-state index is 0.0544. The molecule has 3 aromatic carbocycles. The van der Waals surface area contributed by atoms with Gasteiger partial charge < -0.3 is 9.73 Å². The van der Waals surface area contributed by atoms with Gasteiger partial charge in [0.1, 0.15) is 0 Å². The molecule has 0 saturated heterocycles. The van der Waals surface area contributed by atoms with Gasteiger partial charge in [-0.2, -0.15) is 0 Å². The topological polar surface area (TPSA) is 98.3 Å². The summed E-state index contributed by atoms with van der Waals surface area (Å²) in [5.41, 5.74) is 2.47. The number of nitro groups is 1. The maximum atomic E-state index is 13.0. The molecule has 0 aliphatic rings. The molecule has 0 radical (unpaired) electrons. The molecule has 1 heterocycles. The molecule has 0 fully saturated rings. The Morgan fingerprint density at radius 3 is 2.50 bits per heavy atom. The van der Waals surface area contributed by atoms with E-state index < -0.39 is 10.8 Å². The largest absolute Gasteiger partial charge is 0.436 e. The van der Waals surface area contributed by atoms with E-state index in [0.717, 1.165) is 5.56 Å². The number of oxazole rings is 1. The van der Waals surface area contributed by atoms with E-state index in [1.165, 1.54) is 12.1 Å². The van der Waals surface area contributed by atoms with Crippen LogP contribution in [0.15, 0.2) is 83.4 Å². The monoisotopic (exact) mass is 399 g/mol. The summed E-state index contributed by atoms with van der Waals surface area (Å²) in [5, 5.41) is 13.9. The van der Waals surface area contributed by atoms with Crippen molar-refractivity contribution in [2.75, 3.05) is 5.32 Å². The standard InChI is InChI=1S/C23H17N3O4/c1-15-19(12-7-13-20(15)26(28)29)25-22(27)17-10-5-6-11-18(17)23-24-14-21(30-23)16-8-3-2-4-9-16/h2-14H,1H3,(H,25,27). The van der Waals surface area contributed by atoms with Gasteiger partial charge in [-0.25, -0.2) is 4.98 Å². The highest BCUT2D eigenvalue weighted by Crippen LogP contribution is 2.30. The van der Waals surface area contributed by atoms with Crippen LogP contribution in [0.2, 0.25) is 0 Å². The minimum atomic E-state index is -0.475. The summed E-state index contributed by atoms with van der Waals surface area (Å²) >= 11 is 0. The van der Waals surface area contributed by atoms with E-state index in [4.69, 9.17) is 4.42 Å². The van der Waals surface area contributed by atoms with Crippen molar-refractivity contribution in [3.05, 3.63) is 100 Å². The van der Waals surface area contributed by atoms with E-state index in [-0.39, 0.29) is 5.69 Å². The molecular weight excluding hydrogens is 382 g/mol. The molecule has 1 N–H and O–H groups in total. The molecule has 1 aromatic heterocycles. The molecule has 1 amide bonds. The van der Waals surface area contributed by atoms with Crippen LogP contribution in [-0.2, 0) is 0 Å². The zero-order chi connectivity index (χ0) is 21.1. The predicted octanol–water partition coefficient (Wildman–Crippen LogP) is 5.48. The number of nitrogens with zero attached hydrogens (tertiary/aromatic N) is 2. The first-order valence-corrected chi connectivity index (χ1v) is 9.20. The molecule has 7 heteroatoms. The van der Waals surface area contributed by atoms with Crippen LogP contribution >= 0.6 is 0 Å². The van der Waals surface area contributed by atoms with Crippen molar-refractivity contribution < 1.29 is 14.1 Å². The number of carbonyl (C=O) groups excluding carboxylic acids is 1. The second-order valence-electron chi connectivity index (χ2n) is 6.60. The van der Waals surface area contributed by atoms with Gasteiger partial charge in [-0.15, -0.1) is 0 Å². The van der Waals surface area contributed by atoms with E-state index in [9.17, 15) is 14.9 Å². The summed E-state index contributed by atoms with van der Waals surface area (Å²) < 4.78 is 5.89. The Morgan fingerprint density at radius 1 is 1.00 bits per heavy atom. The van der Waals surface area contributed by atoms with Crippen LogP contribution in [0.1, 0.15) is 15.9 Å². The lowest BCUT2D eigenvalue weighted by Gasteiger charge is -2.10. The summed E-state index contributed by atoms with van der Waals surface area (Å²) in [4.78, 5) is 28.0. The highest BCUT2D eigenvalue weighted by molar-refractivity contribution is 6.08. The summed E-state index contributed by atoms with van der Waals surface area (Å²) in [6.07, 6.45) is 1.62. The zero-order valence-electron chi connectivity index (χ0n) is 16.0. The van der Waals surface area contributed by atoms with Crippen molar-refractivity contribution in [1.82, 2.24) is 4.98 Å². The lowest BCUT2D eigenvalue weighted by Crippen LogP contribution is -2.14. The first kappa shape index (κ1) is 19.1. The fourth-order valence-electron chi connectivity index (χ4n) is 3.15. The van der Waals surface area contributed by atoms with Gasteiger partial charge in [0.2, 0.25) is 5.89 Å². The molecule has 7 nitrogen and oxygen atoms in total. The molecule has 0 spiro atoms. The van der Waals surface area contributed by atoms with E-state index in [0.29, 0.717) is 34.0 Å². The molecule has 0 aliphatic heterocycles. The van der Waals surface area contributed by atoms with Crippen LogP contribution in [0.3, 0.4) is 0 Å². The number of amides is 1. The number of aromatic nitrogens is 1. The quantitative estimate of drug-likeness (QED) is 0.354. The molecule has 148 valence electrons. The fraction of sp³-hybridized carbons (Fsp3) is 0.0435. The smallest absolute Gasteiger partial charge is 0.274 e. The molecule has 0 unspecified atom stereocenters. The third-order valence-electron chi connectivity index (χ3n) is 4.72. The van der Waals surface area contributed by atoms with Gasteiger partial charge in [0.05, 0.1) is 27.9 Å². The van der Waals surface area contributed by atoms with Crippen LogP contribution in [0.25, 0.3) is 22.8 Å². The number of nitrogens with one attached hydrogen (secondary N) is 1. The zero-order valence-corrected chi connectivity index (χ0v) is 16.0. The van der Waals surface area contributed by atoms with Gasteiger partial charge in [0.15, 0.2) is 5.76 Å². The van der Waals surface area contributed by atoms with E-state index in [2.05, 4.69) is 10.3 Å². The van der Waals surface area contributed by atoms with Gasteiger partial charge in [0.25, 0.3) is 11.6 Å². The van der Waals surface area contributed by atoms with Crippen molar-refractivity contribution in [2.45, 2.75) is 6.92 Å². The summed E-state index contributed by atoms with van der Waals surface area (Å²) in [6.45, 7) is 1.60. The Bertz CT molecular complexity index is 1230. The van der Waals surface area contributed by atoms with Crippen molar-refractivity contribution in [1.29, 1.82) is 0 Å². The highest BCUT2D eigenvalue weighted by Gasteiger charge is 2.19. The molecule has 4 aromatic rings. The molecule has 0 atom stereocenters. The second kappa shape index (κ2) is 8.00. The molecule has 0 bridgehead atoms. The Hall–Kier alpha value is -4.26. The fourth-order valence-corrected chi connectivity index (χ4v) is 3.15. The Balaban J connectivity index is 1.66. The van der Waals surface area contributed by atoms with Crippen molar-refractivity contribution in [3.63, 3.8) is 0 Å². The summed E-state index contributed by atoms with van der Waals surface area (Å²) in [7, 11) is 0. The van der Waals surface area contributed by atoms with Crippen molar-refractivity contribution >= 4 is 17.3 Å². The average molecular weight is 399 g/mol. The number of anilines is 1. The molecular formula is C23H17N3O4. The minimum Gasteiger partial charge on any atom is -0.436 e. The Labute approximate surface area is 172 Å². The number of nitro benzene ring substituents is 1. The van der Waals surface area contributed by atoms with Crippen molar-refractivity contribution in [3.8, 4) is 22.8 Å². The maximum Gasteiger partial charge on any atom is 0.274 e. The predicted molar refractivity (Wildman–Crippen MR) is 113 cm³/mol. The average Bonchev–Trinajstić information content (AvgIpc) is 3.26. The molecule has 0 aliphatic carbocycles.